The highest BCUT2D eigenvalue weighted by Crippen LogP contribution is 2.10. The lowest BCUT2D eigenvalue weighted by Gasteiger charge is -2.23. The highest BCUT2D eigenvalue weighted by molar-refractivity contribution is 6.77. The van der Waals surface area contributed by atoms with Crippen LogP contribution in [-0.2, 0) is 14.3 Å². The normalized spacial score (nSPS) is 12.7. The summed E-state index contributed by atoms with van der Waals surface area (Å²) in [5.41, 5.74) is -0.0970. The van der Waals surface area contributed by atoms with Gasteiger partial charge in [-0.05, 0) is 6.92 Å². The second-order valence-electron chi connectivity index (χ2n) is 3.56. The Morgan fingerprint density at radius 3 is 2.08 bits per heavy atom. The quantitative estimate of drug-likeness (QED) is 0.277. The summed E-state index contributed by atoms with van der Waals surface area (Å²) in [5, 5.41) is 0. The first kappa shape index (κ1) is 13.9. The molecule has 0 aromatic carbocycles. The summed E-state index contributed by atoms with van der Waals surface area (Å²) in [6, 6.07) is 0. The maximum Gasteiger partial charge on any atom is 0.371 e. The molecular formula is C7H16O4Si. The predicted molar refractivity (Wildman–Crippen MR) is 48.6 cm³/mol. The van der Waals surface area contributed by atoms with Gasteiger partial charge in [0.15, 0.2) is 0 Å². The fraction of sp³-hybridized carbons (Fsp3) is 0.714. The third-order valence-corrected chi connectivity index (χ3v) is 4.17. The van der Waals surface area contributed by atoms with Crippen LogP contribution >= 0.6 is 0 Å². The second kappa shape index (κ2) is 5.05. The molecule has 0 aliphatic carbocycles. The number of rotatable bonds is 3. The molecule has 12 heavy (non-hydrogen) atoms. The molecule has 5 heteroatoms. The maximum absolute atomic E-state index is 10.5. The van der Waals surface area contributed by atoms with Crippen molar-refractivity contribution >= 4 is 20.3 Å². The first-order valence-electron chi connectivity index (χ1n) is 3.53. The predicted octanol–water partition coefficient (Wildman–Crippen LogP) is 0.170. The summed E-state index contributed by atoms with van der Waals surface area (Å²) in [7, 11) is -1.44. The lowest BCUT2D eigenvalue weighted by atomic mass is 10.7. The molecule has 0 saturated carbocycles. The summed E-state index contributed by atoms with van der Waals surface area (Å²) in [6.45, 7) is 8.06. The highest BCUT2D eigenvalue weighted by Gasteiger charge is 2.25. The molecular weight excluding hydrogens is 176 g/mol. The molecule has 0 bridgehead atoms. The van der Waals surface area contributed by atoms with E-state index in [1.54, 1.807) is 0 Å². The molecule has 72 valence electrons. The monoisotopic (exact) mass is 192 g/mol. The molecule has 0 amide bonds. The third-order valence-electron chi connectivity index (χ3n) is 1.61. The largest absolute Gasteiger partial charge is 0.461 e. The van der Waals surface area contributed by atoms with Crippen molar-refractivity contribution in [2.75, 3.05) is 0 Å². The van der Waals surface area contributed by atoms with Gasteiger partial charge in [-0.15, -0.1) is 0 Å². The molecule has 0 aromatic heterocycles. The summed E-state index contributed by atoms with van der Waals surface area (Å²) >= 11 is 0. The van der Waals surface area contributed by atoms with E-state index in [1.165, 1.54) is 0 Å². The zero-order valence-corrected chi connectivity index (χ0v) is 8.88. The van der Waals surface area contributed by atoms with Gasteiger partial charge in [0.25, 0.3) is 0 Å². The standard InChI is InChI=1S/C7H14O3Si.H2O/c1-6(11(2,3)4)10-7(9)5-8;/h5-6H,1-4H3;1H2. The Labute approximate surface area is 73.2 Å². The van der Waals surface area contributed by atoms with Crippen LogP contribution < -0.4 is 0 Å². The van der Waals surface area contributed by atoms with Crippen LogP contribution in [0, 0.1) is 0 Å². The first-order valence-corrected chi connectivity index (χ1v) is 7.11. The summed E-state index contributed by atoms with van der Waals surface area (Å²) < 4.78 is 4.82. The molecule has 2 N–H and O–H groups in total. The van der Waals surface area contributed by atoms with Crippen molar-refractivity contribution in [1.82, 2.24) is 0 Å². The average Bonchev–Trinajstić information content (AvgIpc) is 1.85. The molecule has 1 atom stereocenters. The lowest BCUT2D eigenvalue weighted by molar-refractivity contribution is -0.149. The van der Waals surface area contributed by atoms with Crippen LogP contribution in [0.5, 0.6) is 0 Å². The Morgan fingerprint density at radius 2 is 1.83 bits per heavy atom. The summed E-state index contributed by atoms with van der Waals surface area (Å²) in [4.78, 5) is 20.4. The second-order valence-corrected chi connectivity index (χ2v) is 9.11. The SMILES string of the molecule is CC(OC(=O)C=O)[Si](C)(C)C.O. The Morgan fingerprint density at radius 1 is 1.42 bits per heavy atom. The smallest absolute Gasteiger partial charge is 0.371 e. The van der Waals surface area contributed by atoms with Gasteiger partial charge < -0.3 is 10.2 Å². The molecule has 0 aliphatic heterocycles. The number of carbonyl (C=O) groups excluding carboxylic acids is 2. The van der Waals surface area contributed by atoms with Gasteiger partial charge in [0.1, 0.15) is 0 Å². The van der Waals surface area contributed by atoms with Crippen LogP contribution in [-0.4, -0.2) is 31.5 Å². The van der Waals surface area contributed by atoms with Crippen molar-refractivity contribution in [3.05, 3.63) is 0 Å². The van der Waals surface area contributed by atoms with Crippen molar-refractivity contribution in [3.8, 4) is 0 Å². The summed E-state index contributed by atoms with van der Waals surface area (Å²) in [6.07, 6.45) is 0.205. The number of carbonyl (C=O) groups is 2. The van der Waals surface area contributed by atoms with E-state index < -0.39 is 14.0 Å². The van der Waals surface area contributed by atoms with Crippen LogP contribution in [0.25, 0.3) is 0 Å². The molecule has 0 rings (SSSR count). The van der Waals surface area contributed by atoms with Gasteiger partial charge in [-0.2, -0.15) is 0 Å². The van der Waals surface area contributed by atoms with Crippen LogP contribution in [0.3, 0.4) is 0 Å². The van der Waals surface area contributed by atoms with E-state index >= 15 is 0 Å². The minimum absolute atomic E-state index is 0. The number of esters is 1. The highest BCUT2D eigenvalue weighted by atomic mass is 28.3. The van der Waals surface area contributed by atoms with Crippen LogP contribution in [0.1, 0.15) is 6.92 Å². The Hall–Kier alpha value is -0.683. The molecule has 0 radical (unpaired) electrons. The van der Waals surface area contributed by atoms with Crippen molar-refractivity contribution in [1.29, 1.82) is 0 Å². The topological polar surface area (TPSA) is 74.9 Å². The third kappa shape index (κ3) is 5.03. The van der Waals surface area contributed by atoms with Gasteiger partial charge >= 0.3 is 5.97 Å². The maximum atomic E-state index is 10.5. The van der Waals surface area contributed by atoms with E-state index in [0.29, 0.717) is 0 Å². The van der Waals surface area contributed by atoms with Crippen LogP contribution in [0.4, 0.5) is 0 Å². The molecule has 0 aromatic rings. The number of ether oxygens (including phenoxy) is 1. The van der Waals surface area contributed by atoms with Gasteiger partial charge in [0.05, 0.1) is 13.8 Å². The van der Waals surface area contributed by atoms with Gasteiger partial charge in [-0.1, -0.05) is 19.6 Å². The number of aldehydes is 1. The van der Waals surface area contributed by atoms with Crippen molar-refractivity contribution in [3.63, 3.8) is 0 Å². The molecule has 4 nitrogen and oxygen atoms in total. The molecule has 0 aliphatic rings. The van der Waals surface area contributed by atoms with Crippen molar-refractivity contribution < 1.29 is 19.8 Å². The fourth-order valence-corrected chi connectivity index (χ4v) is 0.848. The molecule has 0 spiro atoms. The number of hydrogen-bond donors (Lipinski definition) is 0. The van der Waals surface area contributed by atoms with E-state index in [1.807, 2.05) is 6.92 Å². The minimum atomic E-state index is -1.44. The van der Waals surface area contributed by atoms with E-state index in [-0.39, 0.29) is 17.5 Å². The van der Waals surface area contributed by atoms with E-state index in [4.69, 9.17) is 4.74 Å². The summed E-state index contributed by atoms with van der Waals surface area (Å²) in [5.74, 6) is -0.764. The van der Waals surface area contributed by atoms with Crippen LogP contribution in [0.15, 0.2) is 0 Å². The van der Waals surface area contributed by atoms with E-state index in [9.17, 15) is 9.59 Å². The molecule has 1 unspecified atom stereocenters. The van der Waals surface area contributed by atoms with Gasteiger partial charge in [0, 0.05) is 0 Å². The van der Waals surface area contributed by atoms with Gasteiger partial charge in [-0.25, -0.2) is 4.79 Å². The molecule has 0 heterocycles. The van der Waals surface area contributed by atoms with Crippen molar-refractivity contribution in [2.45, 2.75) is 32.3 Å². The Balaban J connectivity index is 0. The minimum Gasteiger partial charge on any atom is -0.461 e. The zero-order valence-electron chi connectivity index (χ0n) is 7.88. The number of hydrogen-bond acceptors (Lipinski definition) is 3. The molecule has 0 saturated heterocycles. The lowest BCUT2D eigenvalue weighted by Crippen LogP contribution is -2.39. The average molecular weight is 192 g/mol. The van der Waals surface area contributed by atoms with Crippen molar-refractivity contribution in [2.24, 2.45) is 0 Å². The fourth-order valence-electron chi connectivity index (χ4n) is 0.379. The zero-order chi connectivity index (χ0) is 9.07. The Kier molecular flexibility index (Phi) is 5.84. The Bertz CT molecular complexity index is 161. The van der Waals surface area contributed by atoms with E-state index in [0.717, 1.165) is 0 Å². The van der Waals surface area contributed by atoms with Gasteiger partial charge in [-0.3, -0.25) is 4.79 Å². The van der Waals surface area contributed by atoms with Crippen LogP contribution in [0.2, 0.25) is 19.6 Å². The van der Waals surface area contributed by atoms with E-state index in [2.05, 4.69) is 19.6 Å². The molecule has 0 fully saturated rings. The first-order chi connectivity index (χ1) is 4.88. The van der Waals surface area contributed by atoms with Gasteiger partial charge in [0.2, 0.25) is 6.29 Å².